The number of hydrogen-bond donors (Lipinski definition) is 1. The largest absolute Gasteiger partial charge is 0.323 e. The summed E-state index contributed by atoms with van der Waals surface area (Å²) in [5.74, 6) is 0. The van der Waals surface area contributed by atoms with Gasteiger partial charge in [0.1, 0.15) is 0 Å². The van der Waals surface area contributed by atoms with Crippen LogP contribution >= 0.6 is 38.6 Å². The first-order chi connectivity index (χ1) is 7.70. The van der Waals surface area contributed by atoms with Crippen molar-refractivity contribution in [2.24, 2.45) is 5.73 Å². The minimum atomic E-state index is 0.139. The van der Waals surface area contributed by atoms with E-state index in [9.17, 15) is 0 Å². The summed E-state index contributed by atoms with van der Waals surface area (Å²) in [6.45, 7) is 2.18. The van der Waals surface area contributed by atoms with Crippen LogP contribution in [0, 0.1) is 0 Å². The summed E-state index contributed by atoms with van der Waals surface area (Å²) in [5.41, 5.74) is 7.66. The SMILES string of the molecule is CCc1ccsc1C(N)Cc1ccc(Br)s1. The third-order valence-electron chi connectivity index (χ3n) is 2.55. The van der Waals surface area contributed by atoms with Crippen LogP contribution in [-0.4, -0.2) is 0 Å². The normalized spacial score (nSPS) is 12.9. The Hall–Kier alpha value is -0.160. The lowest BCUT2D eigenvalue weighted by atomic mass is 10.1. The van der Waals surface area contributed by atoms with E-state index in [1.807, 2.05) is 0 Å². The van der Waals surface area contributed by atoms with Crippen LogP contribution in [-0.2, 0) is 12.8 Å². The summed E-state index contributed by atoms with van der Waals surface area (Å²) in [6, 6.07) is 6.56. The second-order valence-corrected chi connectivity index (χ2v) is 7.18. The molecule has 1 nitrogen and oxygen atoms in total. The number of hydrogen-bond acceptors (Lipinski definition) is 3. The van der Waals surface area contributed by atoms with Gasteiger partial charge in [-0.15, -0.1) is 22.7 Å². The molecule has 2 aromatic rings. The zero-order chi connectivity index (χ0) is 11.5. The van der Waals surface area contributed by atoms with Crippen molar-refractivity contribution in [3.63, 3.8) is 0 Å². The van der Waals surface area contributed by atoms with Gasteiger partial charge in [0.15, 0.2) is 0 Å². The van der Waals surface area contributed by atoms with Gasteiger partial charge in [-0.3, -0.25) is 0 Å². The molecule has 2 aromatic heterocycles. The average molecular weight is 316 g/mol. The van der Waals surface area contributed by atoms with Gasteiger partial charge >= 0.3 is 0 Å². The molecule has 0 aliphatic rings. The summed E-state index contributed by atoms with van der Waals surface area (Å²) in [5, 5.41) is 2.14. The van der Waals surface area contributed by atoms with Crippen LogP contribution in [0.2, 0.25) is 0 Å². The van der Waals surface area contributed by atoms with Gasteiger partial charge in [0.2, 0.25) is 0 Å². The number of nitrogens with two attached hydrogens (primary N) is 1. The Bertz CT molecular complexity index is 461. The van der Waals surface area contributed by atoms with Gasteiger partial charge in [-0.2, -0.15) is 0 Å². The van der Waals surface area contributed by atoms with Crippen molar-refractivity contribution in [1.29, 1.82) is 0 Å². The van der Waals surface area contributed by atoms with Gasteiger partial charge < -0.3 is 5.73 Å². The lowest BCUT2D eigenvalue weighted by Crippen LogP contribution is -2.12. The lowest BCUT2D eigenvalue weighted by molar-refractivity contribution is 0.736. The van der Waals surface area contributed by atoms with Gasteiger partial charge in [-0.25, -0.2) is 0 Å². The van der Waals surface area contributed by atoms with E-state index < -0.39 is 0 Å². The molecule has 0 saturated carbocycles. The Labute approximate surface area is 112 Å². The summed E-state index contributed by atoms with van der Waals surface area (Å²) < 4.78 is 1.18. The molecule has 0 fully saturated rings. The minimum absolute atomic E-state index is 0.139. The van der Waals surface area contributed by atoms with Gasteiger partial charge in [0.05, 0.1) is 3.79 Å². The molecule has 1 unspecified atom stereocenters. The Balaban J connectivity index is 2.11. The van der Waals surface area contributed by atoms with Crippen LogP contribution in [0.1, 0.15) is 28.3 Å². The van der Waals surface area contributed by atoms with Crippen molar-refractivity contribution in [2.75, 3.05) is 0 Å². The Morgan fingerprint density at radius 1 is 1.38 bits per heavy atom. The minimum Gasteiger partial charge on any atom is -0.323 e. The maximum absolute atomic E-state index is 6.26. The summed E-state index contributed by atoms with van der Waals surface area (Å²) in [7, 11) is 0. The third kappa shape index (κ3) is 2.74. The maximum Gasteiger partial charge on any atom is 0.0701 e. The van der Waals surface area contributed by atoms with Crippen LogP contribution < -0.4 is 5.73 Å². The first kappa shape index (κ1) is 12.3. The predicted octanol–water partition coefficient (Wildman–Crippen LogP) is 4.38. The molecule has 0 spiro atoms. The molecular formula is C12H14BrNS2. The van der Waals surface area contributed by atoms with Gasteiger partial charge in [-0.1, -0.05) is 6.92 Å². The Morgan fingerprint density at radius 3 is 2.81 bits per heavy atom. The van der Waals surface area contributed by atoms with Crippen LogP contribution in [0.4, 0.5) is 0 Å². The van der Waals surface area contributed by atoms with E-state index in [0.29, 0.717) is 0 Å². The monoisotopic (exact) mass is 315 g/mol. The fourth-order valence-electron chi connectivity index (χ4n) is 1.74. The number of halogens is 1. The zero-order valence-corrected chi connectivity index (χ0v) is 12.3. The fourth-order valence-corrected chi connectivity index (χ4v) is 4.28. The quantitative estimate of drug-likeness (QED) is 0.890. The fraction of sp³-hybridized carbons (Fsp3) is 0.333. The Morgan fingerprint density at radius 2 is 2.19 bits per heavy atom. The predicted molar refractivity (Wildman–Crippen MR) is 76.3 cm³/mol. The topological polar surface area (TPSA) is 26.0 Å². The molecule has 4 heteroatoms. The van der Waals surface area contributed by atoms with Crippen molar-refractivity contribution in [3.8, 4) is 0 Å². The van der Waals surface area contributed by atoms with Gasteiger partial charge in [-0.05, 0) is 51.5 Å². The van der Waals surface area contributed by atoms with Crippen LogP contribution in [0.25, 0.3) is 0 Å². The van der Waals surface area contributed by atoms with E-state index in [1.54, 1.807) is 22.7 Å². The van der Waals surface area contributed by atoms with E-state index in [1.165, 1.54) is 19.1 Å². The highest BCUT2D eigenvalue weighted by Crippen LogP contribution is 2.29. The van der Waals surface area contributed by atoms with Crippen LogP contribution in [0.15, 0.2) is 27.4 Å². The molecule has 86 valence electrons. The van der Waals surface area contributed by atoms with E-state index >= 15 is 0 Å². The highest BCUT2D eigenvalue weighted by Gasteiger charge is 2.13. The molecule has 16 heavy (non-hydrogen) atoms. The molecule has 0 bridgehead atoms. The molecule has 1 atom stereocenters. The zero-order valence-electron chi connectivity index (χ0n) is 9.07. The average Bonchev–Trinajstić information content (AvgIpc) is 2.86. The standard InChI is InChI=1S/C12H14BrNS2/c1-2-8-5-6-15-12(8)10(14)7-9-3-4-11(13)16-9/h3-6,10H,2,7,14H2,1H3. The summed E-state index contributed by atoms with van der Waals surface area (Å²) in [4.78, 5) is 2.68. The highest BCUT2D eigenvalue weighted by atomic mass is 79.9. The van der Waals surface area contributed by atoms with E-state index in [4.69, 9.17) is 5.73 Å². The first-order valence-electron chi connectivity index (χ1n) is 5.26. The molecule has 0 amide bonds. The number of rotatable bonds is 4. The second-order valence-electron chi connectivity index (χ2n) is 3.68. The molecule has 0 aliphatic carbocycles. The van der Waals surface area contributed by atoms with Gasteiger partial charge in [0, 0.05) is 22.2 Å². The molecule has 2 heterocycles. The summed E-state index contributed by atoms with van der Waals surface area (Å²) in [6.07, 6.45) is 2.00. The van der Waals surface area contributed by atoms with E-state index in [2.05, 4.69) is 46.4 Å². The maximum atomic E-state index is 6.26. The van der Waals surface area contributed by atoms with Crippen molar-refractivity contribution in [2.45, 2.75) is 25.8 Å². The first-order valence-corrected chi connectivity index (χ1v) is 7.75. The Kier molecular flexibility index (Phi) is 4.19. The van der Waals surface area contributed by atoms with Crippen molar-refractivity contribution < 1.29 is 0 Å². The van der Waals surface area contributed by atoms with Crippen molar-refractivity contribution >= 4 is 38.6 Å². The van der Waals surface area contributed by atoms with Crippen molar-refractivity contribution in [3.05, 3.63) is 42.7 Å². The summed E-state index contributed by atoms with van der Waals surface area (Å²) >= 11 is 7.02. The highest BCUT2D eigenvalue weighted by molar-refractivity contribution is 9.11. The molecule has 0 radical (unpaired) electrons. The molecule has 0 aromatic carbocycles. The van der Waals surface area contributed by atoms with Crippen molar-refractivity contribution in [1.82, 2.24) is 0 Å². The lowest BCUT2D eigenvalue weighted by Gasteiger charge is -2.10. The molecule has 2 rings (SSSR count). The smallest absolute Gasteiger partial charge is 0.0701 e. The molecule has 2 N–H and O–H groups in total. The van der Waals surface area contributed by atoms with Crippen LogP contribution in [0.3, 0.4) is 0 Å². The van der Waals surface area contributed by atoms with E-state index in [-0.39, 0.29) is 6.04 Å². The van der Waals surface area contributed by atoms with E-state index in [0.717, 1.165) is 12.8 Å². The third-order valence-corrected chi connectivity index (χ3v) is 5.29. The van der Waals surface area contributed by atoms with Gasteiger partial charge in [0.25, 0.3) is 0 Å². The second kappa shape index (κ2) is 5.45. The molecular weight excluding hydrogens is 302 g/mol. The number of aryl methyl sites for hydroxylation is 1. The van der Waals surface area contributed by atoms with Crippen LogP contribution in [0.5, 0.6) is 0 Å². The molecule has 0 saturated heterocycles. The molecule has 0 aliphatic heterocycles. The number of thiophene rings is 2.